The number of hydrogen-bond acceptors (Lipinski definition) is 5. The number of anilines is 1. The molecule has 0 spiro atoms. The Kier molecular flexibility index (Phi) is 3.98. The number of nitrogens with zero attached hydrogens (tertiary/aromatic N) is 6. The van der Waals surface area contributed by atoms with Crippen LogP contribution in [0.1, 0.15) is 0 Å². The molecule has 6 nitrogen and oxygen atoms in total. The average molecular weight is 395 g/mol. The number of benzene rings is 1. The molecule has 0 radical (unpaired) electrons. The minimum absolute atomic E-state index is 0.339. The van der Waals surface area contributed by atoms with Gasteiger partial charge in [0.1, 0.15) is 5.52 Å². The topological polar surface area (TPSA) is 59.2 Å². The Morgan fingerprint density at radius 3 is 2.89 bits per heavy atom. The van der Waals surface area contributed by atoms with Crippen LogP contribution in [0.4, 0.5) is 10.1 Å². The van der Waals surface area contributed by atoms with Crippen LogP contribution >= 0.6 is 11.6 Å². The number of rotatable bonds is 2. The van der Waals surface area contributed by atoms with E-state index < -0.39 is 0 Å². The summed E-state index contributed by atoms with van der Waals surface area (Å²) in [6, 6.07) is 7.04. The highest BCUT2D eigenvalue weighted by Crippen LogP contribution is 2.31. The maximum atomic E-state index is 14.5. The van der Waals surface area contributed by atoms with Gasteiger partial charge in [0.15, 0.2) is 11.5 Å². The third-order valence-corrected chi connectivity index (χ3v) is 5.18. The summed E-state index contributed by atoms with van der Waals surface area (Å²) in [5.74, 6) is -0.388. The van der Waals surface area contributed by atoms with E-state index in [1.165, 1.54) is 6.07 Å². The van der Waals surface area contributed by atoms with E-state index in [-0.39, 0.29) is 5.82 Å². The number of aromatic nitrogens is 4. The summed E-state index contributed by atoms with van der Waals surface area (Å²) in [5, 5.41) is 6.16. The van der Waals surface area contributed by atoms with E-state index in [0.29, 0.717) is 32.8 Å². The van der Waals surface area contributed by atoms with Crippen LogP contribution in [0, 0.1) is 5.82 Å². The van der Waals surface area contributed by atoms with Gasteiger partial charge >= 0.3 is 0 Å². The zero-order valence-corrected chi connectivity index (χ0v) is 15.9. The van der Waals surface area contributed by atoms with Crippen LogP contribution in [0.2, 0.25) is 5.02 Å². The van der Waals surface area contributed by atoms with Crippen molar-refractivity contribution in [1.29, 1.82) is 0 Å². The van der Waals surface area contributed by atoms with Gasteiger partial charge in [0, 0.05) is 42.3 Å². The summed E-state index contributed by atoms with van der Waals surface area (Å²) >= 11 is 6.55. The molecule has 140 valence electrons. The van der Waals surface area contributed by atoms with Gasteiger partial charge in [-0.05, 0) is 24.3 Å². The van der Waals surface area contributed by atoms with Gasteiger partial charge < -0.3 is 4.90 Å². The summed E-state index contributed by atoms with van der Waals surface area (Å²) in [5.41, 5.74) is 3.07. The van der Waals surface area contributed by atoms with Gasteiger partial charge in [-0.3, -0.25) is 9.67 Å². The van der Waals surface area contributed by atoms with Gasteiger partial charge in [-0.1, -0.05) is 11.6 Å². The second-order valence-corrected chi connectivity index (χ2v) is 7.19. The zero-order chi connectivity index (χ0) is 19.3. The van der Waals surface area contributed by atoms with Crippen LogP contribution in [0.3, 0.4) is 0 Å². The van der Waals surface area contributed by atoms with Crippen molar-refractivity contribution in [3.8, 4) is 11.3 Å². The number of aryl methyl sites for hydroxylation is 1. The quantitative estimate of drug-likeness (QED) is 0.518. The molecule has 0 saturated carbocycles. The second kappa shape index (κ2) is 6.53. The van der Waals surface area contributed by atoms with Crippen molar-refractivity contribution in [1.82, 2.24) is 19.7 Å². The summed E-state index contributed by atoms with van der Waals surface area (Å²) < 4.78 is 16.0. The first-order valence-electron chi connectivity index (χ1n) is 8.91. The van der Waals surface area contributed by atoms with E-state index in [4.69, 9.17) is 11.6 Å². The Balaban J connectivity index is 1.60. The molecule has 0 atom stereocenters. The van der Waals surface area contributed by atoms with Crippen molar-refractivity contribution in [2.75, 3.05) is 24.5 Å². The van der Waals surface area contributed by atoms with E-state index in [1.807, 2.05) is 18.3 Å². The van der Waals surface area contributed by atoms with Gasteiger partial charge in [0.25, 0.3) is 0 Å². The number of pyridine rings is 2. The van der Waals surface area contributed by atoms with E-state index >= 15 is 0 Å². The predicted molar refractivity (Wildman–Crippen MR) is 110 cm³/mol. The summed E-state index contributed by atoms with van der Waals surface area (Å²) in [7, 11) is 1.76. The number of fused-ring (bicyclic) bond motifs is 2. The van der Waals surface area contributed by atoms with Crippen LogP contribution in [0.5, 0.6) is 0 Å². The van der Waals surface area contributed by atoms with Gasteiger partial charge in [0.05, 0.1) is 35.7 Å². The minimum Gasteiger partial charge on any atom is -0.363 e. The van der Waals surface area contributed by atoms with E-state index in [1.54, 1.807) is 30.2 Å². The highest BCUT2D eigenvalue weighted by atomic mass is 35.5. The average Bonchev–Trinajstić information content (AvgIpc) is 3.09. The lowest BCUT2D eigenvalue weighted by molar-refractivity contribution is 0.633. The Labute approximate surface area is 165 Å². The van der Waals surface area contributed by atoms with Crippen molar-refractivity contribution in [3.63, 3.8) is 0 Å². The molecule has 0 N–H and O–H groups in total. The first-order valence-corrected chi connectivity index (χ1v) is 9.29. The number of halogens is 2. The van der Waals surface area contributed by atoms with Gasteiger partial charge in [0.2, 0.25) is 0 Å². The van der Waals surface area contributed by atoms with Crippen LogP contribution in [-0.4, -0.2) is 45.6 Å². The monoisotopic (exact) mass is 394 g/mol. The van der Waals surface area contributed by atoms with E-state index in [9.17, 15) is 4.39 Å². The van der Waals surface area contributed by atoms with Crippen LogP contribution in [0.15, 0.2) is 41.7 Å². The zero-order valence-electron chi connectivity index (χ0n) is 15.1. The molecule has 1 aliphatic rings. The maximum absolute atomic E-state index is 14.5. The first kappa shape index (κ1) is 17.1. The van der Waals surface area contributed by atoms with Gasteiger partial charge in [-0.15, -0.1) is 0 Å². The molecule has 4 heterocycles. The van der Waals surface area contributed by atoms with Crippen molar-refractivity contribution in [2.24, 2.45) is 12.0 Å². The highest BCUT2D eigenvalue weighted by molar-refractivity contribution is 6.35. The fourth-order valence-corrected chi connectivity index (χ4v) is 3.73. The molecule has 4 aromatic rings. The Hall–Kier alpha value is -3.06. The van der Waals surface area contributed by atoms with Gasteiger partial charge in [-0.2, -0.15) is 5.10 Å². The molecule has 0 saturated heterocycles. The SMILES string of the molecule is Cn1cc2cc(-c3cc(Cl)c4cc(N5CC=NCC5)cnc4n3)cc(F)c2n1. The lowest BCUT2D eigenvalue weighted by Crippen LogP contribution is -2.31. The summed E-state index contributed by atoms with van der Waals surface area (Å²) in [4.78, 5) is 15.5. The predicted octanol–water partition coefficient (Wildman–Crippen LogP) is 3.87. The van der Waals surface area contributed by atoms with Gasteiger partial charge in [-0.25, -0.2) is 14.4 Å². The van der Waals surface area contributed by atoms with Crippen LogP contribution in [-0.2, 0) is 7.05 Å². The highest BCUT2D eigenvalue weighted by Gasteiger charge is 2.14. The molecule has 5 rings (SSSR count). The van der Waals surface area contributed by atoms with E-state index in [0.717, 1.165) is 30.7 Å². The lowest BCUT2D eigenvalue weighted by Gasteiger charge is -2.24. The second-order valence-electron chi connectivity index (χ2n) is 6.79. The molecule has 0 unspecified atom stereocenters. The van der Waals surface area contributed by atoms with Crippen molar-refractivity contribution < 1.29 is 4.39 Å². The van der Waals surface area contributed by atoms with Crippen LogP contribution in [0.25, 0.3) is 33.2 Å². The normalized spacial score (nSPS) is 14.3. The number of aliphatic imine (C=N–C) groups is 1. The standard InChI is InChI=1S/C20H16ClFN6/c1-27-11-13-6-12(7-17(22)19(13)26-27)18-9-16(21)15-8-14(10-24-20(15)25-18)28-4-2-23-3-5-28/h2,6-11H,3-5H2,1H3. The molecule has 1 aromatic carbocycles. The fourth-order valence-electron chi connectivity index (χ4n) is 3.49. The lowest BCUT2D eigenvalue weighted by atomic mass is 10.1. The Morgan fingerprint density at radius 2 is 2.07 bits per heavy atom. The van der Waals surface area contributed by atoms with Crippen molar-refractivity contribution in [3.05, 3.63) is 47.5 Å². The molecule has 3 aromatic heterocycles. The third kappa shape index (κ3) is 2.88. The molecule has 28 heavy (non-hydrogen) atoms. The maximum Gasteiger partial charge on any atom is 0.161 e. The van der Waals surface area contributed by atoms with Crippen molar-refractivity contribution >= 4 is 45.4 Å². The molecule has 8 heteroatoms. The molecular formula is C20H16ClFN6. The van der Waals surface area contributed by atoms with Crippen LogP contribution < -0.4 is 4.90 Å². The minimum atomic E-state index is -0.388. The summed E-state index contributed by atoms with van der Waals surface area (Å²) in [6.45, 7) is 2.36. The molecule has 0 fully saturated rings. The Morgan fingerprint density at radius 1 is 1.18 bits per heavy atom. The number of hydrogen-bond donors (Lipinski definition) is 0. The molecule has 0 bridgehead atoms. The summed E-state index contributed by atoms with van der Waals surface area (Å²) in [6.07, 6.45) is 5.47. The Bertz CT molecular complexity index is 1250. The first-order chi connectivity index (χ1) is 13.6. The molecular weight excluding hydrogens is 379 g/mol. The largest absolute Gasteiger partial charge is 0.363 e. The molecule has 1 aliphatic heterocycles. The smallest absolute Gasteiger partial charge is 0.161 e. The van der Waals surface area contributed by atoms with E-state index in [2.05, 4.69) is 25.0 Å². The van der Waals surface area contributed by atoms with Crippen molar-refractivity contribution in [2.45, 2.75) is 0 Å². The molecule has 0 amide bonds. The third-order valence-electron chi connectivity index (χ3n) is 4.87. The molecule has 0 aliphatic carbocycles. The fraction of sp³-hybridized carbons (Fsp3) is 0.200.